The van der Waals surface area contributed by atoms with E-state index in [1.165, 1.54) is 38.5 Å². The fraction of sp³-hybridized carbons (Fsp3) is 0.929. The van der Waals surface area contributed by atoms with Crippen molar-refractivity contribution in [2.45, 2.75) is 72.1 Å². The lowest BCUT2D eigenvalue weighted by atomic mass is 9.97. The van der Waals surface area contributed by atoms with Gasteiger partial charge in [-0.2, -0.15) is 0 Å². The Labute approximate surface area is 101 Å². The zero-order valence-corrected chi connectivity index (χ0v) is 11.3. The van der Waals surface area contributed by atoms with Gasteiger partial charge in [0, 0.05) is 12.5 Å². The van der Waals surface area contributed by atoms with E-state index in [-0.39, 0.29) is 11.8 Å². The summed E-state index contributed by atoms with van der Waals surface area (Å²) in [5, 5.41) is 2.92. The van der Waals surface area contributed by atoms with Crippen molar-refractivity contribution >= 4 is 5.91 Å². The molecular weight excluding hydrogens is 198 g/mol. The van der Waals surface area contributed by atoms with Crippen LogP contribution in [0.3, 0.4) is 0 Å². The average molecular weight is 227 g/mol. The van der Waals surface area contributed by atoms with Gasteiger partial charge in [0.1, 0.15) is 0 Å². The second kappa shape index (κ2) is 11.0. The Bertz CT molecular complexity index is 168. The number of carbonyl (C=O) groups excluding carboxylic acids is 1. The lowest BCUT2D eigenvalue weighted by Crippen LogP contribution is -2.30. The molecule has 0 saturated heterocycles. The molecule has 0 aromatic rings. The van der Waals surface area contributed by atoms with Crippen molar-refractivity contribution in [1.29, 1.82) is 0 Å². The lowest BCUT2D eigenvalue weighted by molar-refractivity contribution is -0.125. The van der Waals surface area contributed by atoms with Gasteiger partial charge in [0.05, 0.1) is 0 Å². The van der Waals surface area contributed by atoms with Crippen molar-refractivity contribution in [2.75, 3.05) is 6.54 Å². The Morgan fingerprint density at radius 1 is 1.00 bits per heavy atom. The van der Waals surface area contributed by atoms with Crippen LogP contribution in [0.5, 0.6) is 0 Å². The molecule has 0 aliphatic rings. The first-order valence-electron chi connectivity index (χ1n) is 7.03. The van der Waals surface area contributed by atoms with E-state index in [9.17, 15) is 4.79 Å². The van der Waals surface area contributed by atoms with Gasteiger partial charge >= 0.3 is 0 Å². The number of hydrogen-bond donors (Lipinski definition) is 1. The third kappa shape index (κ3) is 7.72. The molecule has 16 heavy (non-hydrogen) atoms. The van der Waals surface area contributed by atoms with Gasteiger partial charge in [-0.05, 0) is 19.8 Å². The Hall–Kier alpha value is -0.530. The number of carbonyl (C=O) groups is 1. The smallest absolute Gasteiger partial charge is 0.223 e. The van der Waals surface area contributed by atoms with Crippen molar-refractivity contribution in [1.82, 2.24) is 5.32 Å². The molecule has 1 atom stereocenters. The standard InChI is InChI=1S/C14H29NO/c1-4-7-8-9-10-11-12-13(5-2)14(16)15-6-3/h13H,4-12H2,1-3H3,(H,15,16). The number of rotatable bonds is 10. The van der Waals surface area contributed by atoms with Gasteiger partial charge in [-0.15, -0.1) is 0 Å². The molecule has 2 heteroatoms. The molecule has 0 saturated carbocycles. The molecule has 0 aliphatic carbocycles. The van der Waals surface area contributed by atoms with E-state index >= 15 is 0 Å². The lowest BCUT2D eigenvalue weighted by Gasteiger charge is -2.13. The first-order chi connectivity index (χ1) is 7.76. The second-order valence-corrected chi connectivity index (χ2v) is 4.56. The summed E-state index contributed by atoms with van der Waals surface area (Å²) >= 11 is 0. The van der Waals surface area contributed by atoms with Crippen LogP contribution in [0.1, 0.15) is 72.1 Å². The number of amides is 1. The molecule has 0 aromatic carbocycles. The molecule has 0 fully saturated rings. The van der Waals surface area contributed by atoms with Gasteiger partial charge in [-0.25, -0.2) is 0 Å². The zero-order chi connectivity index (χ0) is 12.2. The molecule has 0 bridgehead atoms. The highest BCUT2D eigenvalue weighted by atomic mass is 16.1. The van der Waals surface area contributed by atoms with Gasteiger partial charge in [-0.1, -0.05) is 52.4 Å². The summed E-state index contributed by atoms with van der Waals surface area (Å²) in [6.45, 7) is 7.08. The van der Waals surface area contributed by atoms with Crippen LogP contribution in [0, 0.1) is 5.92 Å². The van der Waals surface area contributed by atoms with Crippen LogP contribution in [-0.4, -0.2) is 12.5 Å². The third-order valence-electron chi connectivity index (χ3n) is 3.12. The van der Waals surface area contributed by atoms with E-state index in [2.05, 4.69) is 19.2 Å². The van der Waals surface area contributed by atoms with Crippen LogP contribution in [0.4, 0.5) is 0 Å². The maximum Gasteiger partial charge on any atom is 0.223 e. The van der Waals surface area contributed by atoms with Crippen LogP contribution in [0.25, 0.3) is 0 Å². The van der Waals surface area contributed by atoms with Gasteiger partial charge in [0.2, 0.25) is 5.91 Å². The van der Waals surface area contributed by atoms with Crippen LogP contribution in [-0.2, 0) is 4.79 Å². The molecule has 0 aromatic heterocycles. The molecule has 0 heterocycles. The fourth-order valence-electron chi connectivity index (χ4n) is 2.01. The van der Waals surface area contributed by atoms with Crippen molar-refractivity contribution in [2.24, 2.45) is 5.92 Å². The maximum absolute atomic E-state index is 11.6. The van der Waals surface area contributed by atoms with E-state index in [1.807, 2.05) is 6.92 Å². The molecule has 1 amide bonds. The van der Waals surface area contributed by atoms with Crippen LogP contribution < -0.4 is 5.32 Å². The van der Waals surface area contributed by atoms with Gasteiger partial charge < -0.3 is 5.32 Å². The summed E-state index contributed by atoms with van der Waals surface area (Å²) in [4.78, 5) is 11.6. The zero-order valence-electron chi connectivity index (χ0n) is 11.3. The van der Waals surface area contributed by atoms with Gasteiger partial charge in [-0.3, -0.25) is 4.79 Å². The Balaban J connectivity index is 3.51. The topological polar surface area (TPSA) is 29.1 Å². The quantitative estimate of drug-likeness (QED) is 0.563. The molecule has 96 valence electrons. The highest BCUT2D eigenvalue weighted by molar-refractivity contribution is 5.78. The van der Waals surface area contributed by atoms with Crippen molar-refractivity contribution in [3.8, 4) is 0 Å². The minimum Gasteiger partial charge on any atom is -0.356 e. The van der Waals surface area contributed by atoms with Gasteiger partial charge in [0.25, 0.3) is 0 Å². The van der Waals surface area contributed by atoms with Crippen molar-refractivity contribution in [3.05, 3.63) is 0 Å². The van der Waals surface area contributed by atoms with Crippen LogP contribution >= 0.6 is 0 Å². The second-order valence-electron chi connectivity index (χ2n) is 4.56. The predicted molar refractivity (Wildman–Crippen MR) is 70.5 cm³/mol. The molecule has 0 rings (SSSR count). The van der Waals surface area contributed by atoms with Crippen molar-refractivity contribution < 1.29 is 4.79 Å². The summed E-state index contributed by atoms with van der Waals surface area (Å²) in [6.07, 6.45) is 9.88. The van der Waals surface area contributed by atoms with Crippen LogP contribution in [0.2, 0.25) is 0 Å². The normalized spacial score (nSPS) is 12.4. The summed E-state index contributed by atoms with van der Waals surface area (Å²) in [7, 11) is 0. The molecule has 0 radical (unpaired) electrons. The largest absolute Gasteiger partial charge is 0.356 e. The van der Waals surface area contributed by atoms with Gasteiger partial charge in [0.15, 0.2) is 0 Å². The number of hydrogen-bond acceptors (Lipinski definition) is 1. The molecule has 0 spiro atoms. The fourth-order valence-corrected chi connectivity index (χ4v) is 2.01. The number of nitrogens with one attached hydrogen (secondary N) is 1. The van der Waals surface area contributed by atoms with Crippen LogP contribution in [0.15, 0.2) is 0 Å². The van der Waals surface area contributed by atoms with E-state index in [4.69, 9.17) is 0 Å². The molecular formula is C14H29NO. The summed E-state index contributed by atoms with van der Waals surface area (Å²) in [6, 6.07) is 0. The summed E-state index contributed by atoms with van der Waals surface area (Å²) < 4.78 is 0. The molecule has 1 unspecified atom stereocenters. The minimum absolute atomic E-state index is 0.242. The minimum atomic E-state index is 0.242. The molecule has 1 N–H and O–H groups in total. The Morgan fingerprint density at radius 3 is 2.19 bits per heavy atom. The highest BCUT2D eigenvalue weighted by Gasteiger charge is 2.14. The highest BCUT2D eigenvalue weighted by Crippen LogP contribution is 2.15. The first kappa shape index (κ1) is 15.5. The predicted octanol–water partition coefficient (Wildman–Crippen LogP) is 3.90. The molecule has 0 aliphatic heterocycles. The average Bonchev–Trinajstić information content (AvgIpc) is 2.28. The van der Waals surface area contributed by atoms with Crippen molar-refractivity contribution in [3.63, 3.8) is 0 Å². The van der Waals surface area contributed by atoms with E-state index in [0.29, 0.717) is 0 Å². The van der Waals surface area contributed by atoms with E-state index in [0.717, 1.165) is 19.4 Å². The first-order valence-corrected chi connectivity index (χ1v) is 7.03. The summed E-state index contributed by atoms with van der Waals surface area (Å²) in [5.74, 6) is 0.490. The Kier molecular flexibility index (Phi) is 10.6. The maximum atomic E-state index is 11.6. The third-order valence-corrected chi connectivity index (χ3v) is 3.12. The van der Waals surface area contributed by atoms with E-state index < -0.39 is 0 Å². The molecule has 2 nitrogen and oxygen atoms in total. The summed E-state index contributed by atoms with van der Waals surface area (Å²) in [5.41, 5.74) is 0. The SMILES string of the molecule is CCCCCCCCC(CC)C(=O)NCC. The Morgan fingerprint density at radius 2 is 1.62 bits per heavy atom. The monoisotopic (exact) mass is 227 g/mol. The van der Waals surface area contributed by atoms with E-state index in [1.54, 1.807) is 0 Å². The number of unbranched alkanes of at least 4 members (excludes halogenated alkanes) is 5.